The van der Waals surface area contributed by atoms with Crippen molar-refractivity contribution in [3.8, 4) is 0 Å². The highest BCUT2D eigenvalue weighted by Gasteiger charge is 2.28. The highest BCUT2D eigenvalue weighted by Crippen LogP contribution is 2.00. The van der Waals surface area contributed by atoms with Gasteiger partial charge in [-0.25, -0.2) is 4.79 Å². The largest absolute Gasteiger partial charge is 0.480 e. The maximum atomic E-state index is 12.1. The molecule has 13 nitrogen and oxygen atoms in total. The van der Waals surface area contributed by atoms with E-state index in [1.54, 1.807) is 7.11 Å². The number of nitrogens with zero attached hydrogens (tertiary/aromatic N) is 1. The molecule has 0 heterocycles. The summed E-state index contributed by atoms with van der Waals surface area (Å²) in [4.78, 5) is 59.0. The molecule has 5 N–H and O–H groups in total. The van der Waals surface area contributed by atoms with Crippen molar-refractivity contribution in [1.82, 2.24) is 15.5 Å². The van der Waals surface area contributed by atoms with E-state index in [0.29, 0.717) is 13.2 Å². The standard InChI is InChI=1S/C17H30N4O9/c1-11(16(25)20-12(17(26)27)8-13(18)22)21(2)15(24)9-19-14(23)10-30-7-6-29-5-4-28-3/h11-12H,4-10H2,1-3H3,(H2,18,22)(H,19,23)(H,20,25)(H,26,27)/t11-,12-/m0/s1. The van der Waals surface area contributed by atoms with Crippen LogP contribution in [0.4, 0.5) is 0 Å². The van der Waals surface area contributed by atoms with Crippen LogP contribution >= 0.6 is 0 Å². The van der Waals surface area contributed by atoms with E-state index >= 15 is 0 Å². The fourth-order valence-corrected chi connectivity index (χ4v) is 1.96. The zero-order chi connectivity index (χ0) is 23.1. The number of primary amides is 1. The normalized spacial score (nSPS) is 12.5. The number of nitrogens with one attached hydrogen (secondary N) is 2. The molecule has 4 amide bonds. The van der Waals surface area contributed by atoms with Gasteiger partial charge in [0.15, 0.2) is 0 Å². The number of nitrogens with two attached hydrogens (primary N) is 1. The Morgan fingerprint density at radius 3 is 2.23 bits per heavy atom. The lowest BCUT2D eigenvalue weighted by Gasteiger charge is -2.25. The first kappa shape index (κ1) is 27.2. The summed E-state index contributed by atoms with van der Waals surface area (Å²) in [5.74, 6) is -4.23. The number of rotatable bonds is 16. The third-order valence-corrected chi connectivity index (χ3v) is 3.85. The van der Waals surface area contributed by atoms with Crippen LogP contribution in [0.2, 0.25) is 0 Å². The highest BCUT2D eigenvalue weighted by atomic mass is 16.5. The van der Waals surface area contributed by atoms with Crippen LogP contribution in [0, 0.1) is 0 Å². The molecule has 0 aliphatic carbocycles. The quantitative estimate of drug-likeness (QED) is 0.184. The lowest BCUT2D eigenvalue weighted by atomic mass is 10.1. The fourth-order valence-electron chi connectivity index (χ4n) is 1.96. The van der Waals surface area contributed by atoms with Crippen molar-refractivity contribution in [3.63, 3.8) is 0 Å². The van der Waals surface area contributed by atoms with E-state index in [4.69, 9.17) is 25.1 Å². The summed E-state index contributed by atoms with van der Waals surface area (Å²) in [7, 11) is 2.86. The number of likely N-dealkylation sites (N-methyl/N-ethyl adjacent to an activating group) is 1. The predicted molar refractivity (Wildman–Crippen MR) is 102 cm³/mol. The topological polar surface area (TPSA) is 187 Å². The van der Waals surface area contributed by atoms with Gasteiger partial charge < -0.3 is 40.6 Å². The number of carboxylic acid groups (broad SMARTS) is 1. The van der Waals surface area contributed by atoms with Gasteiger partial charge in [-0.2, -0.15) is 0 Å². The van der Waals surface area contributed by atoms with E-state index in [1.165, 1.54) is 14.0 Å². The molecule has 2 atom stereocenters. The van der Waals surface area contributed by atoms with Crippen molar-refractivity contribution in [2.75, 3.05) is 53.7 Å². The molecular formula is C17H30N4O9. The van der Waals surface area contributed by atoms with Crippen LogP contribution in [0.1, 0.15) is 13.3 Å². The second kappa shape index (κ2) is 15.1. The Hall–Kier alpha value is -2.77. The minimum absolute atomic E-state index is 0.193. The highest BCUT2D eigenvalue weighted by molar-refractivity contribution is 5.93. The summed E-state index contributed by atoms with van der Waals surface area (Å²) in [6, 6.07) is -2.55. The fraction of sp³-hybridized carbons (Fsp3) is 0.706. The number of hydrogen-bond acceptors (Lipinski definition) is 8. The molecule has 0 saturated carbocycles. The maximum absolute atomic E-state index is 12.1. The molecular weight excluding hydrogens is 404 g/mol. The lowest BCUT2D eigenvalue weighted by molar-refractivity contribution is -0.145. The SMILES string of the molecule is COCCOCCOCC(=O)NCC(=O)N(C)[C@@H](C)C(=O)N[C@@H](CC(N)=O)C(=O)O. The molecule has 13 heteroatoms. The van der Waals surface area contributed by atoms with Crippen LogP contribution < -0.4 is 16.4 Å². The van der Waals surface area contributed by atoms with Gasteiger partial charge in [0.2, 0.25) is 23.6 Å². The van der Waals surface area contributed by atoms with Crippen molar-refractivity contribution in [2.24, 2.45) is 5.73 Å². The number of carbonyl (C=O) groups excluding carboxylic acids is 4. The van der Waals surface area contributed by atoms with Gasteiger partial charge in [-0.3, -0.25) is 19.2 Å². The van der Waals surface area contributed by atoms with Gasteiger partial charge in [0.1, 0.15) is 18.7 Å². The first-order valence-electron chi connectivity index (χ1n) is 9.08. The van der Waals surface area contributed by atoms with E-state index in [0.717, 1.165) is 4.90 Å². The van der Waals surface area contributed by atoms with Crippen LogP contribution in [0.3, 0.4) is 0 Å². The van der Waals surface area contributed by atoms with Crippen LogP contribution in [0.25, 0.3) is 0 Å². The number of carbonyl (C=O) groups is 5. The van der Waals surface area contributed by atoms with Gasteiger partial charge in [-0.05, 0) is 6.92 Å². The number of aliphatic carboxylic acids is 1. The minimum Gasteiger partial charge on any atom is -0.480 e. The molecule has 0 radical (unpaired) electrons. The minimum atomic E-state index is -1.50. The molecule has 0 spiro atoms. The smallest absolute Gasteiger partial charge is 0.326 e. The second-order valence-corrected chi connectivity index (χ2v) is 6.18. The van der Waals surface area contributed by atoms with Gasteiger partial charge in [0.25, 0.3) is 0 Å². The van der Waals surface area contributed by atoms with Crippen LogP contribution in [-0.2, 0) is 38.2 Å². The van der Waals surface area contributed by atoms with E-state index in [1.807, 2.05) is 0 Å². The molecule has 0 aromatic carbocycles. The van der Waals surface area contributed by atoms with Gasteiger partial charge >= 0.3 is 5.97 Å². The Labute approximate surface area is 174 Å². The summed E-state index contributed by atoms with van der Waals surface area (Å²) >= 11 is 0. The summed E-state index contributed by atoms with van der Waals surface area (Å²) in [6.45, 7) is 2.06. The first-order chi connectivity index (χ1) is 14.1. The molecule has 0 saturated heterocycles. The third kappa shape index (κ3) is 11.9. The van der Waals surface area contributed by atoms with Crippen molar-refractivity contribution >= 4 is 29.6 Å². The molecule has 0 aliphatic rings. The Balaban J connectivity index is 4.28. The van der Waals surface area contributed by atoms with Crippen LogP contribution in [-0.4, -0.2) is 105 Å². The second-order valence-electron chi connectivity index (χ2n) is 6.18. The molecule has 0 aromatic heterocycles. The van der Waals surface area contributed by atoms with E-state index in [2.05, 4.69) is 10.6 Å². The molecule has 172 valence electrons. The molecule has 0 aliphatic heterocycles. The Morgan fingerprint density at radius 2 is 1.67 bits per heavy atom. The van der Waals surface area contributed by atoms with E-state index in [-0.39, 0.29) is 26.4 Å². The molecule has 0 rings (SSSR count). The lowest BCUT2D eigenvalue weighted by Crippen LogP contribution is -2.53. The van der Waals surface area contributed by atoms with Gasteiger partial charge in [-0.1, -0.05) is 0 Å². The van der Waals surface area contributed by atoms with Crippen molar-refractivity contribution in [3.05, 3.63) is 0 Å². The van der Waals surface area contributed by atoms with Crippen molar-refractivity contribution < 1.29 is 43.3 Å². The number of hydrogen-bond donors (Lipinski definition) is 4. The molecule has 0 fully saturated rings. The Morgan fingerprint density at radius 1 is 1.07 bits per heavy atom. The van der Waals surface area contributed by atoms with Crippen molar-refractivity contribution in [1.29, 1.82) is 0 Å². The monoisotopic (exact) mass is 434 g/mol. The van der Waals surface area contributed by atoms with Gasteiger partial charge in [-0.15, -0.1) is 0 Å². The molecule has 30 heavy (non-hydrogen) atoms. The van der Waals surface area contributed by atoms with Crippen molar-refractivity contribution in [2.45, 2.75) is 25.4 Å². The maximum Gasteiger partial charge on any atom is 0.326 e. The zero-order valence-corrected chi connectivity index (χ0v) is 17.3. The molecule has 0 bridgehead atoms. The van der Waals surface area contributed by atoms with Gasteiger partial charge in [0, 0.05) is 14.2 Å². The van der Waals surface area contributed by atoms with E-state index in [9.17, 15) is 24.0 Å². The number of carboxylic acids is 1. The van der Waals surface area contributed by atoms with Crippen LogP contribution in [0.15, 0.2) is 0 Å². The third-order valence-electron chi connectivity index (χ3n) is 3.85. The number of ether oxygens (including phenoxy) is 3. The summed E-state index contributed by atoms with van der Waals surface area (Å²) in [5.41, 5.74) is 4.95. The Kier molecular flexibility index (Phi) is 13.7. The first-order valence-corrected chi connectivity index (χ1v) is 9.08. The van der Waals surface area contributed by atoms with E-state index < -0.39 is 48.1 Å². The van der Waals surface area contributed by atoms with Crippen LogP contribution in [0.5, 0.6) is 0 Å². The summed E-state index contributed by atoms with van der Waals surface area (Å²) < 4.78 is 15.0. The summed E-state index contributed by atoms with van der Waals surface area (Å²) in [5, 5.41) is 13.5. The number of amides is 4. The summed E-state index contributed by atoms with van der Waals surface area (Å²) in [6.07, 6.45) is -0.584. The zero-order valence-electron chi connectivity index (χ0n) is 17.3. The van der Waals surface area contributed by atoms with Gasteiger partial charge in [0.05, 0.1) is 39.4 Å². The average molecular weight is 434 g/mol. The molecule has 0 aromatic rings. The predicted octanol–water partition coefficient (Wildman–Crippen LogP) is -2.93. The number of methoxy groups -OCH3 is 1. The Bertz CT molecular complexity index is 600. The molecule has 0 unspecified atom stereocenters. The average Bonchev–Trinajstić information content (AvgIpc) is 2.69.